The lowest BCUT2D eigenvalue weighted by Gasteiger charge is -2.11. The average molecular weight is 352 g/mol. The van der Waals surface area contributed by atoms with Gasteiger partial charge in [-0.25, -0.2) is 4.98 Å². The highest BCUT2D eigenvalue weighted by atomic mass is 19.4. The Balaban J connectivity index is 2.06. The first kappa shape index (κ1) is 17.8. The minimum absolute atomic E-state index is 0.0833. The number of amides is 1. The molecule has 0 aliphatic carbocycles. The lowest BCUT2D eigenvalue weighted by Crippen LogP contribution is -2.29. The maximum absolute atomic E-state index is 12.5. The molecule has 1 N–H and O–H groups in total. The molecule has 24 heavy (non-hydrogen) atoms. The van der Waals surface area contributed by atoms with Crippen molar-refractivity contribution in [1.29, 1.82) is 0 Å². The van der Waals surface area contributed by atoms with Gasteiger partial charge in [-0.2, -0.15) is 31.4 Å². The number of nitrogens with one attached hydrogen (secondary N) is 1. The zero-order valence-corrected chi connectivity index (χ0v) is 11.8. The summed E-state index contributed by atoms with van der Waals surface area (Å²) in [6.45, 7) is -1.83. The number of hydrogen-bond acceptors (Lipinski definition) is 3. The third kappa shape index (κ3) is 4.70. The van der Waals surface area contributed by atoms with Crippen LogP contribution in [0, 0.1) is 0 Å². The van der Waals surface area contributed by atoms with Gasteiger partial charge in [-0.1, -0.05) is 6.07 Å². The molecular formula is C13H10F6N4O. The van der Waals surface area contributed by atoms with E-state index in [4.69, 9.17) is 0 Å². The monoisotopic (exact) mass is 352 g/mol. The Morgan fingerprint density at radius 3 is 2.46 bits per heavy atom. The minimum Gasteiger partial charge on any atom is -0.345 e. The number of carbonyl (C=O) groups excluding carboxylic acids is 1. The van der Waals surface area contributed by atoms with E-state index in [1.165, 1.54) is 6.07 Å². The molecule has 0 aliphatic heterocycles. The molecule has 0 aromatic carbocycles. The molecule has 2 heterocycles. The summed E-state index contributed by atoms with van der Waals surface area (Å²) in [5.41, 5.74) is -1.57. The second-order valence-electron chi connectivity index (χ2n) is 4.68. The van der Waals surface area contributed by atoms with Gasteiger partial charge in [0, 0.05) is 6.20 Å². The maximum Gasteiger partial charge on any atom is 0.433 e. The van der Waals surface area contributed by atoms with Crippen LogP contribution in [0.25, 0.3) is 0 Å². The topological polar surface area (TPSA) is 59.8 Å². The van der Waals surface area contributed by atoms with Gasteiger partial charge < -0.3 is 5.32 Å². The summed E-state index contributed by atoms with van der Waals surface area (Å²) in [6.07, 6.45) is -8.18. The van der Waals surface area contributed by atoms with E-state index in [9.17, 15) is 31.1 Å². The van der Waals surface area contributed by atoms with Crippen molar-refractivity contribution in [3.63, 3.8) is 0 Å². The summed E-state index contributed by atoms with van der Waals surface area (Å²) in [5.74, 6) is -0.907. The van der Waals surface area contributed by atoms with E-state index in [0.717, 1.165) is 24.4 Å². The highest BCUT2D eigenvalue weighted by Gasteiger charge is 2.32. The van der Waals surface area contributed by atoms with Gasteiger partial charge in [-0.15, -0.1) is 0 Å². The summed E-state index contributed by atoms with van der Waals surface area (Å²) in [6, 6.07) is 4.21. The first-order chi connectivity index (χ1) is 11.1. The van der Waals surface area contributed by atoms with E-state index >= 15 is 0 Å². The van der Waals surface area contributed by atoms with Crippen LogP contribution in [0.4, 0.5) is 26.3 Å². The summed E-state index contributed by atoms with van der Waals surface area (Å²) in [4.78, 5) is 15.2. The Bertz CT molecular complexity index is 722. The highest BCUT2D eigenvalue weighted by Crippen LogP contribution is 2.27. The molecule has 2 rings (SSSR count). The lowest BCUT2D eigenvalue weighted by atomic mass is 10.3. The summed E-state index contributed by atoms with van der Waals surface area (Å²) < 4.78 is 75.1. The molecule has 2 aromatic heterocycles. The molecule has 0 fully saturated rings. The number of rotatable bonds is 4. The first-order valence-electron chi connectivity index (χ1n) is 6.46. The molecule has 5 nitrogen and oxygen atoms in total. The van der Waals surface area contributed by atoms with Crippen molar-refractivity contribution in [2.24, 2.45) is 0 Å². The van der Waals surface area contributed by atoms with E-state index in [1.54, 1.807) is 0 Å². The Kier molecular flexibility index (Phi) is 4.81. The van der Waals surface area contributed by atoms with Gasteiger partial charge in [0.1, 0.15) is 17.9 Å². The molecule has 0 atom stereocenters. The predicted octanol–water partition coefficient (Wildman–Crippen LogP) is 2.79. The second-order valence-corrected chi connectivity index (χ2v) is 4.68. The lowest BCUT2D eigenvalue weighted by molar-refractivity contribution is -0.143. The maximum atomic E-state index is 12.5. The van der Waals surface area contributed by atoms with E-state index in [1.807, 2.05) is 0 Å². The fourth-order valence-electron chi connectivity index (χ4n) is 1.82. The summed E-state index contributed by atoms with van der Waals surface area (Å²) >= 11 is 0. The van der Waals surface area contributed by atoms with Gasteiger partial charge in [0.15, 0.2) is 0 Å². The number of carbonyl (C=O) groups is 1. The van der Waals surface area contributed by atoms with Crippen LogP contribution in [0.1, 0.15) is 21.9 Å². The number of aromatic nitrogens is 3. The Morgan fingerprint density at radius 1 is 1.12 bits per heavy atom. The Hall–Kier alpha value is -2.59. The van der Waals surface area contributed by atoms with Crippen molar-refractivity contribution in [3.05, 3.63) is 47.5 Å². The average Bonchev–Trinajstić information content (AvgIpc) is 2.90. The third-order valence-electron chi connectivity index (χ3n) is 2.81. The van der Waals surface area contributed by atoms with Crippen molar-refractivity contribution in [1.82, 2.24) is 20.1 Å². The molecule has 11 heteroatoms. The smallest absolute Gasteiger partial charge is 0.345 e. The quantitative estimate of drug-likeness (QED) is 0.861. The fourth-order valence-corrected chi connectivity index (χ4v) is 1.82. The molecule has 0 radical (unpaired) electrons. The largest absolute Gasteiger partial charge is 0.433 e. The summed E-state index contributed by atoms with van der Waals surface area (Å²) in [7, 11) is 0. The first-order valence-corrected chi connectivity index (χ1v) is 6.46. The Labute approximate surface area is 131 Å². The molecule has 0 unspecified atom stereocenters. The van der Waals surface area contributed by atoms with Crippen molar-refractivity contribution < 1.29 is 31.1 Å². The van der Waals surface area contributed by atoms with E-state index in [0.29, 0.717) is 4.68 Å². The van der Waals surface area contributed by atoms with Crippen molar-refractivity contribution in [2.45, 2.75) is 25.4 Å². The summed E-state index contributed by atoms with van der Waals surface area (Å²) in [5, 5.41) is 5.60. The van der Waals surface area contributed by atoms with Crippen LogP contribution in [0.15, 0.2) is 30.5 Å². The van der Waals surface area contributed by atoms with Crippen molar-refractivity contribution in [3.8, 4) is 0 Å². The van der Waals surface area contributed by atoms with Gasteiger partial charge in [0.2, 0.25) is 0 Å². The third-order valence-corrected chi connectivity index (χ3v) is 2.81. The fraction of sp³-hybridized carbons (Fsp3) is 0.308. The van der Waals surface area contributed by atoms with Crippen LogP contribution in [-0.2, 0) is 19.3 Å². The van der Waals surface area contributed by atoms with Crippen LogP contribution < -0.4 is 5.32 Å². The number of halogens is 6. The van der Waals surface area contributed by atoms with Gasteiger partial charge in [0.25, 0.3) is 5.91 Å². The van der Waals surface area contributed by atoms with Crippen LogP contribution in [0.3, 0.4) is 0 Å². The van der Waals surface area contributed by atoms with Crippen LogP contribution in [0.2, 0.25) is 0 Å². The molecular weight excluding hydrogens is 342 g/mol. The molecule has 0 saturated heterocycles. The van der Waals surface area contributed by atoms with Gasteiger partial charge in [0.05, 0.1) is 12.2 Å². The molecule has 0 spiro atoms. The predicted molar refractivity (Wildman–Crippen MR) is 68.7 cm³/mol. The number of alkyl halides is 6. The van der Waals surface area contributed by atoms with Gasteiger partial charge in [-0.05, 0) is 18.2 Å². The number of hydrogen-bond donors (Lipinski definition) is 1. The molecule has 0 saturated carbocycles. The van der Waals surface area contributed by atoms with Gasteiger partial charge >= 0.3 is 12.4 Å². The highest BCUT2D eigenvalue weighted by molar-refractivity contribution is 5.92. The van der Waals surface area contributed by atoms with E-state index < -0.39 is 30.5 Å². The normalized spacial score (nSPS) is 12.2. The minimum atomic E-state index is -4.63. The molecule has 2 aromatic rings. The van der Waals surface area contributed by atoms with Gasteiger partial charge in [-0.3, -0.25) is 9.48 Å². The Morgan fingerprint density at radius 2 is 1.83 bits per heavy atom. The van der Waals surface area contributed by atoms with Crippen molar-refractivity contribution >= 4 is 5.91 Å². The zero-order chi connectivity index (χ0) is 18.0. The molecule has 0 bridgehead atoms. The van der Waals surface area contributed by atoms with E-state index in [-0.39, 0.29) is 17.9 Å². The number of nitrogens with zero attached hydrogens (tertiary/aromatic N) is 3. The second kappa shape index (κ2) is 6.49. The standard InChI is InChI=1S/C13H10F6N4O/c14-12(15,16)7-23-9(4-5-21-23)11(24)20-6-8-2-1-3-10(22-8)13(17,18)19/h1-5H,6-7H2,(H,20,24). The zero-order valence-electron chi connectivity index (χ0n) is 11.8. The number of pyridine rings is 1. The van der Waals surface area contributed by atoms with Crippen LogP contribution >= 0.6 is 0 Å². The SMILES string of the molecule is O=C(NCc1cccc(C(F)(F)F)n1)c1ccnn1CC(F)(F)F. The van der Waals surface area contributed by atoms with Crippen LogP contribution in [-0.4, -0.2) is 26.8 Å². The van der Waals surface area contributed by atoms with Crippen molar-refractivity contribution in [2.75, 3.05) is 0 Å². The molecule has 1 amide bonds. The molecule has 130 valence electrons. The van der Waals surface area contributed by atoms with Crippen LogP contribution in [0.5, 0.6) is 0 Å². The van der Waals surface area contributed by atoms with E-state index in [2.05, 4.69) is 15.4 Å². The molecule has 0 aliphatic rings.